The number of urea groups is 1. The van der Waals surface area contributed by atoms with E-state index in [1.165, 1.54) is 12.8 Å². The molecule has 3 aliphatic rings. The molecule has 1 N–H and O–H groups in total. The molecule has 21 heavy (non-hydrogen) atoms. The molecule has 5 heteroatoms. The predicted octanol–water partition coefficient (Wildman–Crippen LogP) is 2.36. The summed E-state index contributed by atoms with van der Waals surface area (Å²) in [5.41, 5.74) is 0. The van der Waals surface area contributed by atoms with Gasteiger partial charge in [-0.05, 0) is 38.5 Å². The first-order chi connectivity index (χ1) is 10.1. The van der Waals surface area contributed by atoms with E-state index in [9.17, 15) is 4.79 Å². The minimum Gasteiger partial charge on any atom is -0.347 e. The van der Waals surface area contributed by atoms with Gasteiger partial charge in [-0.15, -0.1) is 0 Å². The summed E-state index contributed by atoms with van der Waals surface area (Å²) < 4.78 is 11.5. The zero-order chi connectivity index (χ0) is 14.9. The first-order valence-electron chi connectivity index (χ1n) is 8.45. The summed E-state index contributed by atoms with van der Waals surface area (Å²) in [6, 6.07) is 0.511. The smallest absolute Gasteiger partial charge is 0.317 e. The molecule has 1 aliphatic carbocycles. The Labute approximate surface area is 127 Å². The standard InChI is InChI=1S/C16H28N2O3/c1-3-5-12-10-14(12)17-15(19)18-7-4-6-13(11-18)16(2)20-8-9-21-16/h12-14H,3-11H2,1-2H3,(H,17,19)/t12-,13-,14+/m1/s1. The Hall–Kier alpha value is -0.810. The number of likely N-dealkylation sites (tertiary alicyclic amines) is 1. The summed E-state index contributed by atoms with van der Waals surface area (Å²) in [5, 5.41) is 3.19. The molecule has 0 aromatic heterocycles. The number of hydrogen-bond donors (Lipinski definition) is 1. The van der Waals surface area contributed by atoms with Crippen LogP contribution in [0, 0.1) is 11.8 Å². The molecule has 3 atom stereocenters. The number of carbonyl (C=O) groups excluding carboxylic acids is 1. The molecule has 0 unspecified atom stereocenters. The molecular formula is C16H28N2O3. The van der Waals surface area contributed by atoms with Crippen molar-refractivity contribution in [3.05, 3.63) is 0 Å². The number of carbonyl (C=O) groups is 1. The Morgan fingerprint density at radius 3 is 2.86 bits per heavy atom. The predicted molar refractivity (Wildman–Crippen MR) is 79.9 cm³/mol. The van der Waals surface area contributed by atoms with E-state index in [2.05, 4.69) is 12.2 Å². The van der Waals surface area contributed by atoms with Gasteiger partial charge in [-0.1, -0.05) is 13.3 Å². The van der Waals surface area contributed by atoms with Gasteiger partial charge in [0.15, 0.2) is 5.79 Å². The van der Waals surface area contributed by atoms with Crippen molar-refractivity contribution < 1.29 is 14.3 Å². The summed E-state index contributed by atoms with van der Waals surface area (Å²) >= 11 is 0. The number of amides is 2. The van der Waals surface area contributed by atoms with Crippen LogP contribution in [0.25, 0.3) is 0 Å². The monoisotopic (exact) mass is 296 g/mol. The van der Waals surface area contributed by atoms with Crippen LogP contribution >= 0.6 is 0 Å². The summed E-state index contributed by atoms with van der Waals surface area (Å²) in [5.74, 6) is 0.493. The summed E-state index contributed by atoms with van der Waals surface area (Å²) in [4.78, 5) is 14.3. The van der Waals surface area contributed by atoms with Gasteiger partial charge in [0.2, 0.25) is 0 Å². The van der Waals surface area contributed by atoms with Crippen LogP contribution < -0.4 is 5.32 Å². The number of ether oxygens (including phenoxy) is 2. The van der Waals surface area contributed by atoms with Crippen LogP contribution in [0.4, 0.5) is 4.79 Å². The number of rotatable bonds is 4. The third-order valence-electron chi connectivity index (χ3n) is 5.20. The fraction of sp³-hybridized carbons (Fsp3) is 0.938. The Balaban J connectivity index is 1.50. The lowest BCUT2D eigenvalue weighted by molar-refractivity contribution is -0.189. The zero-order valence-corrected chi connectivity index (χ0v) is 13.3. The molecule has 0 bridgehead atoms. The van der Waals surface area contributed by atoms with Crippen molar-refractivity contribution in [2.24, 2.45) is 11.8 Å². The Morgan fingerprint density at radius 1 is 1.38 bits per heavy atom. The van der Waals surface area contributed by atoms with Crippen LogP contribution in [0.3, 0.4) is 0 Å². The van der Waals surface area contributed by atoms with E-state index >= 15 is 0 Å². The van der Waals surface area contributed by atoms with Gasteiger partial charge in [0.25, 0.3) is 0 Å². The average Bonchev–Trinajstić information content (AvgIpc) is 3.05. The number of nitrogens with zero attached hydrogens (tertiary/aromatic N) is 1. The number of piperidine rings is 1. The lowest BCUT2D eigenvalue weighted by Crippen LogP contribution is -2.51. The molecule has 0 aromatic carbocycles. The highest BCUT2D eigenvalue weighted by molar-refractivity contribution is 5.75. The molecule has 2 heterocycles. The minimum absolute atomic E-state index is 0.102. The highest BCUT2D eigenvalue weighted by Crippen LogP contribution is 2.36. The van der Waals surface area contributed by atoms with Crippen LogP contribution in [-0.2, 0) is 9.47 Å². The normalized spacial score (nSPS) is 34.8. The second-order valence-electron chi connectivity index (χ2n) is 6.84. The van der Waals surface area contributed by atoms with E-state index in [1.807, 2.05) is 11.8 Å². The molecular weight excluding hydrogens is 268 g/mol. The van der Waals surface area contributed by atoms with Gasteiger partial charge >= 0.3 is 6.03 Å². The summed E-state index contributed by atoms with van der Waals surface area (Å²) in [6.45, 7) is 7.15. The molecule has 1 saturated carbocycles. The van der Waals surface area contributed by atoms with Crippen molar-refractivity contribution >= 4 is 6.03 Å². The summed E-state index contributed by atoms with van der Waals surface area (Å²) in [7, 11) is 0. The van der Waals surface area contributed by atoms with E-state index in [4.69, 9.17) is 9.47 Å². The van der Waals surface area contributed by atoms with Crippen LogP contribution in [-0.4, -0.2) is 49.1 Å². The maximum atomic E-state index is 12.4. The van der Waals surface area contributed by atoms with E-state index < -0.39 is 5.79 Å². The van der Waals surface area contributed by atoms with Gasteiger partial charge in [-0.25, -0.2) is 4.79 Å². The molecule has 0 spiro atoms. The van der Waals surface area contributed by atoms with Crippen molar-refractivity contribution in [1.82, 2.24) is 10.2 Å². The molecule has 0 aromatic rings. The molecule has 2 amide bonds. The first-order valence-corrected chi connectivity index (χ1v) is 8.45. The lowest BCUT2D eigenvalue weighted by Gasteiger charge is -2.39. The van der Waals surface area contributed by atoms with Crippen molar-refractivity contribution in [3.8, 4) is 0 Å². The first kappa shape index (κ1) is 15.1. The average molecular weight is 296 g/mol. The Morgan fingerprint density at radius 2 is 2.14 bits per heavy atom. The van der Waals surface area contributed by atoms with Crippen molar-refractivity contribution in [3.63, 3.8) is 0 Å². The topological polar surface area (TPSA) is 50.8 Å². The Bertz CT molecular complexity index is 382. The van der Waals surface area contributed by atoms with Gasteiger partial charge in [-0.2, -0.15) is 0 Å². The number of hydrogen-bond acceptors (Lipinski definition) is 3. The second kappa shape index (κ2) is 6.13. The fourth-order valence-electron chi connectivity index (χ4n) is 3.72. The molecule has 120 valence electrons. The van der Waals surface area contributed by atoms with Crippen molar-refractivity contribution in [2.45, 2.75) is 57.8 Å². The molecule has 2 aliphatic heterocycles. The van der Waals surface area contributed by atoms with E-state index in [-0.39, 0.29) is 11.9 Å². The highest BCUT2D eigenvalue weighted by Gasteiger charge is 2.43. The van der Waals surface area contributed by atoms with Crippen molar-refractivity contribution in [2.75, 3.05) is 26.3 Å². The lowest BCUT2D eigenvalue weighted by atomic mass is 9.90. The van der Waals surface area contributed by atoms with Gasteiger partial charge < -0.3 is 19.7 Å². The van der Waals surface area contributed by atoms with Crippen LogP contribution in [0.2, 0.25) is 0 Å². The minimum atomic E-state index is -0.497. The molecule has 3 rings (SSSR count). The van der Waals surface area contributed by atoms with Gasteiger partial charge in [0.1, 0.15) is 0 Å². The maximum absolute atomic E-state index is 12.4. The highest BCUT2D eigenvalue weighted by atomic mass is 16.7. The second-order valence-corrected chi connectivity index (χ2v) is 6.84. The largest absolute Gasteiger partial charge is 0.347 e. The molecule has 5 nitrogen and oxygen atoms in total. The van der Waals surface area contributed by atoms with E-state index in [0.717, 1.165) is 32.4 Å². The quantitative estimate of drug-likeness (QED) is 0.866. The number of nitrogens with one attached hydrogen (secondary N) is 1. The maximum Gasteiger partial charge on any atom is 0.317 e. The Kier molecular flexibility index (Phi) is 4.41. The van der Waals surface area contributed by atoms with Crippen LogP contribution in [0.1, 0.15) is 46.0 Å². The van der Waals surface area contributed by atoms with Gasteiger partial charge in [0, 0.05) is 25.0 Å². The SMILES string of the molecule is CCC[C@@H]1C[C@@H]1NC(=O)N1CCC[C@@H](C2(C)OCCO2)C1. The summed E-state index contributed by atoms with van der Waals surface area (Å²) in [6.07, 6.45) is 5.69. The third kappa shape index (κ3) is 3.34. The molecule has 0 radical (unpaired) electrons. The fourth-order valence-corrected chi connectivity index (χ4v) is 3.72. The third-order valence-corrected chi connectivity index (χ3v) is 5.20. The van der Waals surface area contributed by atoms with Gasteiger partial charge in [-0.3, -0.25) is 0 Å². The van der Waals surface area contributed by atoms with Crippen molar-refractivity contribution in [1.29, 1.82) is 0 Å². The van der Waals surface area contributed by atoms with Crippen LogP contribution in [0.5, 0.6) is 0 Å². The van der Waals surface area contributed by atoms with E-state index in [0.29, 0.717) is 25.2 Å². The molecule has 2 saturated heterocycles. The van der Waals surface area contributed by atoms with E-state index in [1.54, 1.807) is 0 Å². The zero-order valence-electron chi connectivity index (χ0n) is 13.3. The van der Waals surface area contributed by atoms with Crippen LogP contribution in [0.15, 0.2) is 0 Å². The molecule has 3 fully saturated rings. The van der Waals surface area contributed by atoms with Gasteiger partial charge in [0.05, 0.1) is 13.2 Å².